The second-order valence-electron chi connectivity index (χ2n) is 6.85. The Labute approximate surface area is 181 Å². The van der Waals surface area contributed by atoms with E-state index in [1.807, 2.05) is 0 Å². The number of rotatable bonds is 9. The van der Waals surface area contributed by atoms with Crippen LogP contribution in [0.1, 0.15) is 21.6 Å². The molecule has 0 spiro atoms. The first-order valence-electron chi connectivity index (χ1n) is 9.54. The van der Waals surface area contributed by atoms with Crippen molar-refractivity contribution >= 4 is 5.91 Å². The molecule has 0 fully saturated rings. The van der Waals surface area contributed by atoms with Gasteiger partial charge in [0.05, 0.1) is 25.4 Å². The minimum Gasteiger partial charge on any atom is -0.497 e. The number of nitrogens with zero attached hydrogens (tertiary/aromatic N) is 3. The second-order valence-corrected chi connectivity index (χ2v) is 6.85. The standard InChI is InChI=1S/C21H21F3N4O4/c1-31-17-6-3-7-18(9-17)32-13-16(29)10-25-20(30)19-12-28(27-26-19)11-14-4-2-5-15(8-14)21(22,23)24/h2-9,12,16,29H,10-11,13H2,1H3,(H,25,30)/t16-/m0/s1. The molecular weight excluding hydrogens is 429 g/mol. The van der Waals surface area contributed by atoms with Crippen molar-refractivity contribution in [2.45, 2.75) is 18.8 Å². The van der Waals surface area contributed by atoms with Crippen LogP contribution in [0.5, 0.6) is 11.5 Å². The molecule has 0 saturated heterocycles. The van der Waals surface area contributed by atoms with E-state index in [-0.39, 0.29) is 25.4 Å². The molecule has 0 bridgehead atoms. The molecule has 11 heteroatoms. The number of carbonyl (C=O) groups excluding carboxylic acids is 1. The maximum absolute atomic E-state index is 12.8. The van der Waals surface area contributed by atoms with Gasteiger partial charge in [0, 0.05) is 12.6 Å². The predicted molar refractivity (Wildman–Crippen MR) is 107 cm³/mol. The Kier molecular flexibility index (Phi) is 7.31. The Bertz CT molecular complexity index is 1060. The summed E-state index contributed by atoms with van der Waals surface area (Å²) in [5.74, 6) is 0.534. The highest BCUT2D eigenvalue weighted by atomic mass is 19.4. The van der Waals surface area contributed by atoms with E-state index in [9.17, 15) is 23.1 Å². The molecule has 0 saturated carbocycles. The molecule has 3 rings (SSSR count). The number of aliphatic hydroxyl groups excluding tert-OH is 1. The van der Waals surface area contributed by atoms with Gasteiger partial charge in [-0.05, 0) is 29.8 Å². The van der Waals surface area contributed by atoms with Crippen molar-refractivity contribution in [1.82, 2.24) is 20.3 Å². The van der Waals surface area contributed by atoms with Crippen LogP contribution in [0.25, 0.3) is 0 Å². The van der Waals surface area contributed by atoms with Crippen molar-refractivity contribution in [3.8, 4) is 11.5 Å². The summed E-state index contributed by atoms with van der Waals surface area (Å²) < 4.78 is 50.3. The number of methoxy groups -OCH3 is 1. The van der Waals surface area contributed by atoms with Crippen LogP contribution in [0.15, 0.2) is 54.7 Å². The van der Waals surface area contributed by atoms with Crippen molar-refractivity contribution < 1.29 is 32.5 Å². The average Bonchev–Trinajstić information content (AvgIpc) is 3.24. The summed E-state index contributed by atoms with van der Waals surface area (Å²) in [5.41, 5.74) is -0.432. The highest BCUT2D eigenvalue weighted by Gasteiger charge is 2.30. The lowest BCUT2D eigenvalue weighted by molar-refractivity contribution is -0.137. The number of hydrogen-bond acceptors (Lipinski definition) is 6. The van der Waals surface area contributed by atoms with Gasteiger partial charge in [-0.3, -0.25) is 4.79 Å². The first-order valence-corrected chi connectivity index (χ1v) is 9.54. The lowest BCUT2D eigenvalue weighted by Crippen LogP contribution is -2.35. The Morgan fingerprint density at radius 3 is 2.69 bits per heavy atom. The van der Waals surface area contributed by atoms with E-state index in [0.717, 1.165) is 12.1 Å². The van der Waals surface area contributed by atoms with Crippen molar-refractivity contribution in [1.29, 1.82) is 0 Å². The predicted octanol–water partition coefficient (Wildman–Crippen LogP) is 2.52. The van der Waals surface area contributed by atoms with Gasteiger partial charge in [0.2, 0.25) is 0 Å². The van der Waals surface area contributed by atoms with Gasteiger partial charge in [-0.25, -0.2) is 4.68 Å². The van der Waals surface area contributed by atoms with E-state index < -0.39 is 23.8 Å². The molecule has 0 radical (unpaired) electrons. The Hall–Kier alpha value is -3.60. The number of alkyl halides is 3. The number of benzene rings is 2. The summed E-state index contributed by atoms with van der Waals surface area (Å²) in [4.78, 5) is 12.2. The molecule has 170 valence electrons. The molecule has 1 atom stereocenters. The summed E-state index contributed by atoms with van der Waals surface area (Å²) in [5, 5.41) is 20.0. The third-order valence-electron chi connectivity index (χ3n) is 4.35. The zero-order chi connectivity index (χ0) is 23.1. The lowest BCUT2D eigenvalue weighted by atomic mass is 10.1. The SMILES string of the molecule is COc1cccc(OC[C@@H](O)CNC(=O)c2cn(Cc3cccc(C(F)(F)F)c3)nn2)c1. The fourth-order valence-corrected chi connectivity index (χ4v) is 2.76. The zero-order valence-electron chi connectivity index (χ0n) is 17.0. The smallest absolute Gasteiger partial charge is 0.416 e. The van der Waals surface area contributed by atoms with Crippen LogP contribution < -0.4 is 14.8 Å². The Morgan fingerprint density at radius 2 is 1.94 bits per heavy atom. The van der Waals surface area contributed by atoms with E-state index in [4.69, 9.17) is 9.47 Å². The molecule has 1 heterocycles. The Morgan fingerprint density at radius 1 is 1.19 bits per heavy atom. The van der Waals surface area contributed by atoms with Crippen molar-refractivity contribution in [2.24, 2.45) is 0 Å². The fraction of sp³-hybridized carbons (Fsp3) is 0.286. The molecule has 0 aliphatic heterocycles. The van der Waals surface area contributed by atoms with E-state index in [1.54, 1.807) is 24.3 Å². The van der Waals surface area contributed by atoms with Crippen molar-refractivity contribution in [2.75, 3.05) is 20.3 Å². The summed E-state index contributed by atoms with van der Waals surface area (Å²) in [6, 6.07) is 11.7. The number of ether oxygens (including phenoxy) is 2. The van der Waals surface area contributed by atoms with E-state index in [0.29, 0.717) is 17.1 Å². The molecule has 0 aliphatic rings. The number of hydrogen-bond donors (Lipinski definition) is 2. The van der Waals surface area contributed by atoms with Crippen LogP contribution in [0.3, 0.4) is 0 Å². The fourth-order valence-electron chi connectivity index (χ4n) is 2.76. The zero-order valence-corrected chi connectivity index (χ0v) is 17.0. The van der Waals surface area contributed by atoms with Gasteiger partial charge >= 0.3 is 6.18 Å². The lowest BCUT2D eigenvalue weighted by Gasteiger charge is -2.13. The second kappa shape index (κ2) is 10.1. The van der Waals surface area contributed by atoms with Gasteiger partial charge in [0.25, 0.3) is 5.91 Å². The van der Waals surface area contributed by atoms with Crippen LogP contribution >= 0.6 is 0 Å². The molecule has 8 nitrogen and oxygen atoms in total. The largest absolute Gasteiger partial charge is 0.497 e. The molecular formula is C21H21F3N4O4. The number of nitrogens with one attached hydrogen (secondary N) is 1. The number of halogens is 3. The van der Waals surface area contributed by atoms with Gasteiger partial charge in [-0.2, -0.15) is 13.2 Å². The van der Waals surface area contributed by atoms with Crippen LogP contribution in [0.2, 0.25) is 0 Å². The number of aromatic nitrogens is 3. The van der Waals surface area contributed by atoms with Crippen molar-refractivity contribution in [3.05, 3.63) is 71.5 Å². The van der Waals surface area contributed by atoms with Crippen LogP contribution in [0.4, 0.5) is 13.2 Å². The maximum Gasteiger partial charge on any atom is 0.416 e. The van der Waals surface area contributed by atoms with Gasteiger partial charge in [-0.1, -0.05) is 23.4 Å². The molecule has 1 aromatic heterocycles. The first kappa shape index (κ1) is 23.1. The van der Waals surface area contributed by atoms with E-state index >= 15 is 0 Å². The molecule has 2 N–H and O–H groups in total. The Balaban J connectivity index is 1.49. The summed E-state index contributed by atoms with van der Waals surface area (Å²) in [7, 11) is 1.53. The summed E-state index contributed by atoms with van der Waals surface area (Å²) in [6.07, 6.45) is -4.11. The molecule has 3 aromatic rings. The van der Waals surface area contributed by atoms with E-state index in [1.165, 1.54) is 30.1 Å². The van der Waals surface area contributed by atoms with Crippen molar-refractivity contribution in [3.63, 3.8) is 0 Å². The molecule has 2 aromatic carbocycles. The minimum atomic E-state index is -4.44. The molecule has 1 amide bonds. The van der Waals surface area contributed by atoms with Gasteiger partial charge in [0.1, 0.15) is 24.2 Å². The van der Waals surface area contributed by atoms with E-state index in [2.05, 4.69) is 15.6 Å². The summed E-state index contributed by atoms with van der Waals surface area (Å²) in [6.45, 7) is -0.139. The minimum absolute atomic E-state index is 0.0151. The summed E-state index contributed by atoms with van der Waals surface area (Å²) >= 11 is 0. The number of carbonyl (C=O) groups is 1. The number of aliphatic hydroxyl groups is 1. The molecule has 0 aliphatic carbocycles. The van der Waals surface area contributed by atoms with Gasteiger partial charge in [0.15, 0.2) is 5.69 Å². The normalized spacial score (nSPS) is 12.3. The maximum atomic E-state index is 12.8. The highest BCUT2D eigenvalue weighted by molar-refractivity contribution is 5.91. The van der Waals surface area contributed by atoms with Gasteiger partial charge in [-0.15, -0.1) is 5.10 Å². The molecule has 32 heavy (non-hydrogen) atoms. The average molecular weight is 450 g/mol. The quantitative estimate of drug-likeness (QED) is 0.520. The van der Waals surface area contributed by atoms with Crippen LogP contribution in [-0.4, -0.2) is 52.4 Å². The number of amides is 1. The third-order valence-corrected chi connectivity index (χ3v) is 4.35. The molecule has 0 unspecified atom stereocenters. The van der Waals surface area contributed by atoms with Gasteiger partial charge < -0.3 is 19.9 Å². The van der Waals surface area contributed by atoms with Crippen LogP contribution in [0, 0.1) is 0 Å². The first-order chi connectivity index (χ1) is 15.2. The third kappa shape index (κ3) is 6.45. The highest BCUT2D eigenvalue weighted by Crippen LogP contribution is 2.29. The van der Waals surface area contributed by atoms with Crippen LogP contribution in [-0.2, 0) is 12.7 Å². The topological polar surface area (TPSA) is 98.5 Å². The monoisotopic (exact) mass is 450 g/mol.